The average Bonchev–Trinajstić information content (AvgIpc) is 2.78. The fourth-order valence-corrected chi connectivity index (χ4v) is 4.32. The Labute approximate surface area is 190 Å². The molecule has 0 radical (unpaired) electrons. The summed E-state index contributed by atoms with van der Waals surface area (Å²) in [6.07, 6.45) is 1.15. The molecule has 0 bridgehead atoms. The maximum Gasteiger partial charge on any atom is 0.336 e. The Kier molecular flexibility index (Phi) is 7.19. The molecule has 170 valence electrons. The van der Waals surface area contributed by atoms with Gasteiger partial charge in [0.15, 0.2) is 0 Å². The highest BCUT2D eigenvalue weighted by Gasteiger charge is 2.27. The molecule has 0 saturated carbocycles. The minimum absolute atomic E-state index is 0.00890. The van der Waals surface area contributed by atoms with Crippen LogP contribution in [0.3, 0.4) is 0 Å². The van der Waals surface area contributed by atoms with E-state index in [1.54, 1.807) is 24.3 Å². The third kappa shape index (κ3) is 5.80. The number of aromatic carboxylic acids is 1. The van der Waals surface area contributed by atoms with E-state index in [0.29, 0.717) is 0 Å². The van der Waals surface area contributed by atoms with Gasteiger partial charge in [0.1, 0.15) is 12.4 Å². The first-order chi connectivity index (χ1) is 15.7. The number of carbonyl (C=O) groups is 2. The standard InChI is InChI=1S/C23H20FN3O5S/c1-16-6-12-20(13-7-16)33(31,32)27(19-10-8-18(24)9-11-19)15-22(28)26-25-14-17-4-2-3-5-21(17)23(29)30/h2-14H,15H2,1H3,(H,26,28)(H,29,30)/b25-14-. The summed E-state index contributed by atoms with van der Waals surface area (Å²) in [7, 11) is -4.15. The molecule has 0 unspecified atom stereocenters. The van der Waals surface area contributed by atoms with Crippen molar-refractivity contribution in [3.05, 3.63) is 95.3 Å². The average molecular weight is 469 g/mol. The number of sulfonamides is 1. The van der Waals surface area contributed by atoms with E-state index in [1.165, 1.54) is 36.4 Å². The maximum absolute atomic E-state index is 13.4. The van der Waals surface area contributed by atoms with Gasteiger partial charge in [-0.05, 0) is 49.4 Å². The number of anilines is 1. The monoisotopic (exact) mass is 469 g/mol. The van der Waals surface area contributed by atoms with Gasteiger partial charge in [-0.15, -0.1) is 0 Å². The predicted octanol–water partition coefficient (Wildman–Crippen LogP) is 3.18. The highest BCUT2D eigenvalue weighted by molar-refractivity contribution is 7.92. The lowest BCUT2D eigenvalue weighted by Gasteiger charge is -2.23. The largest absolute Gasteiger partial charge is 0.478 e. The Morgan fingerprint density at radius 2 is 1.67 bits per heavy atom. The van der Waals surface area contributed by atoms with Gasteiger partial charge in [0.2, 0.25) is 0 Å². The molecule has 0 aliphatic carbocycles. The number of aryl methyl sites for hydroxylation is 1. The molecule has 0 heterocycles. The van der Waals surface area contributed by atoms with Crippen LogP contribution in [0.2, 0.25) is 0 Å². The first-order valence-corrected chi connectivity index (χ1v) is 11.1. The maximum atomic E-state index is 13.4. The normalized spacial score (nSPS) is 11.3. The molecule has 1 amide bonds. The van der Waals surface area contributed by atoms with Gasteiger partial charge in [0.25, 0.3) is 15.9 Å². The zero-order valence-corrected chi connectivity index (χ0v) is 18.3. The van der Waals surface area contributed by atoms with Crippen molar-refractivity contribution in [2.75, 3.05) is 10.8 Å². The zero-order chi connectivity index (χ0) is 24.0. The van der Waals surface area contributed by atoms with Crippen LogP contribution in [-0.2, 0) is 14.8 Å². The number of carboxylic acids is 1. The molecule has 0 atom stereocenters. The summed E-state index contributed by atoms with van der Waals surface area (Å²) < 4.78 is 40.7. The molecule has 2 N–H and O–H groups in total. The van der Waals surface area contributed by atoms with Gasteiger partial charge in [0, 0.05) is 5.56 Å². The molecule has 0 aliphatic heterocycles. The van der Waals surface area contributed by atoms with Crippen molar-refractivity contribution in [1.29, 1.82) is 0 Å². The first-order valence-electron chi connectivity index (χ1n) is 9.67. The summed E-state index contributed by atoms with van der Waals surface area (Å²) in [6, 6.07) is 16.8. The van der Waals surface area contributed by atoms with Crippen molar-refractivity contribution >= 4 is 33.8 Å². The number of carboxylic acid groups (broad SMARTS) is 1. The van der Waals surface area contributed by atoms with Crippen LogP contribution < -0.4 is 9.73 Å². The van der Waals surface area contributed by atoms with Gasteiger partial charge in [0.05, 0.1) is 22.4 Å². The van der Waals surface area contributed by atoms with Crippen molar-refractivity contribution in [2.45, 2.75) is 11.8 Å². The number of nitrogens with zero attached hydrogens (tertiary/aromatic N) is 2. The fraction of sp³-hybridized carbons (Fsp3) is 0.0870. The van der Waals surface area contributed by atoms with E-state index < -0.39 is 34.3 Å². The van der Waals surface area contributed by atoms with Gasteiger partial charge in [-0.2, -0.15) is 5.10 Å². The molecule has 0 saturated heterocycles. The van der Waals surface area contributed by atoms with Crippen molar-refractivity contribution in [2.24, 2.45) is 5.10 Å². The number of benzene rings is 3. The number of carbonyl (C=O) groups excluding carboxylic acids is 1. The van der Waals surface area contributed by atoms with Gasteiger partial charge in [-0.3, -0.25) is 9.10 Å². The minimum Gasteiger partial charge on any atom is -0.478 e. The summed E-state index contributed by atoms with van der Waals surface area (Å²) in [5.74, 6) is -2.49. The Hall–Kier alpha value is -4.05. The Morgan fingerprint density at radius 3 is 2.30 bits per heavy atom. The Morgan fingerprint density at radius 1 is 1.03 bits per heavy atom. The molecule has 0 aromatic heterocycles. The van der Waals surface area contributed by atoms with Crippen LogP contribution in [0.1, 0.15) is 21.5 Å². The van der Waals surface area contributed by atoms with Crippen LogP contribution in [0.5, 0.6) is 0 Å². The highest BCUT2D eigenvalue weighted by Crippen LogP contribution is 2.24. The fourth-order valence-electron chi connectivity index (χ4n) is 2.90. The van der Waals surface area contributed by atoms with Crippen LogP contribution in [0, 0.1) is 12.7 Å². The number of hydrogen-bond donors (Lipinski definition) is 2. The molecule has 0 aliphatic rings. The van der Waals surface area contributed by atoms with E-state index in [1.807, 2.05) is 6.92 Å². The van der Waals surface area contributed by atoms with E-state index in [2.05, 4.69) is 10.5 Å². The first kappa shape index (κ1) is 23.6. The second kappa shape index (κ2) is 10.0. The quantitative estimate of drug-likeness (QED) is 0.388. The summed E-state index contributed by atoms with van der Waals surface area (Å²) in [6.45, 7) is 1.17. The van der Waals surface area contributed by atoms with Crippen molar-refractivity contribution in [1.82, 2.24) is 5.43 Å². The second-order valence-corrected chi connectivity index (χ2v) is 8.85. The number of rotatable bonds is 8. The van der Waals surface area contributed by atoms with Crippen molar-refractivity contribution < 1.29 is 27.5 Å². The van der Waals surface area contributed by atoms with Crippen LogP contribution in [0.25, 0.3) is 0 Å². The van der Waals surface area contributed by atoms with Crippen LogP contribution >= 0.6 is 0 Å². The smallest absolute Gasteiger partial charge is 0.336 e. The SMILES string of the molecule is Cc1ccc(S(=O)(=O)N(CC(=O)N/N=C\c2ccccc2C(=O)O)c2ccc(F)cc2)cc1. The van der Waals surface area contributed by atoms with E-state index in [0.717, 1.165) is 28.2 Å². The van der Waals surface area contributed by atoms with Gasteiger partial charge < -0.3 is 5.11 Å². The molecule has 3 aromatic carbocycles. The molecular weight excluding hydrogens is 449 g/mol. The van der Waals surface area contributed by atoms with Crippen LogP contribution in [-0.4, -0.2) is 38.2 Å². The summed E-state index contributed by atoms with van der Waals surface area (Å²) in [5.41, 5.74) is 3.39. The molecule has 0 spiro atoms. The summed E-state index contributed by atoms with van der Waals surface area (Å²) >= 11 is 0. The predicted molar refractivity (Wildman–Crippen MR) is 121 cm³/mol. The van der Waals surface area contributed by atoms with Crippen molar-refractivity contribution in [3.63, 3.8) is 0 Å². The number of hydrazone groups is 1. The topological polar surface area (TPSA) is 116 Å². The van der Waals surface area contributed by atoms with Crippen LogP contribution in [0.4, 0.5) is 10.1 Å². The Bertz CT molecular complexity index is 1290. The van der Waals surface area contributed by atoms with Gasteiger partial charge in [-0.25, -0.2) is 23.0 Å². The Balaban J connectivity index is 1.85. The molecule has 0 fully saturated rings. The summed E-state index contributed by atoms with van der Waals surface area (Å²) in [5, 5.41) is 12.9. The number of amides is 1. The van der Waals surface area contributed by atoms with Gasteiger partial charge in [-0.1, -0.05) is 35.9 Å². The molecule has 3 rings (SSSR count). The molecular formula is C23H20FN3O5S. The molecule has 8 nitrogen and oxygen atoms in total. The molecule has 33 heavy (non-hydrogen) atoms. The lowest BCUT2D eigenvalue weighted by Crippen LogP contribution is -2.39. The lowest BCUT2D eigenvalue weighted by atomic mass is 10.1. The lowest BCUT2D eigenvalue weighted by molar-refractivity contribution is -0.119. The third-order valence-electron chi connectivity index (χ3n) is 4.59. The van der Waals surface area contributed by atoms with Crippen molar-refractivity contribution in [3.8, 4) is 0 Å². The number of nitrogens with one attached hydrogen (secondary N) is 1. The third-order valence-corrected chi connectivity index (χ3v) is 6.38. The highest BCUT2D eigenvalue weighted by atomic mass is 32.2. The number of halogens is 1. The molecule has 3 aromatic rings. The van der Waals surface area contributed by atoms with Crippen LogP contribution in [0.15, 0.2) is 82.8 Å². The zero-order valence-electron chi connectivity index (χ0n) is 17.5. The number of hydrogen-bond acceptors (Lipinski definition) is 5. The van der Waals surface area contributed by atoms with E-state index in [9.17, 15) is 27.5 Å². The van der Waals surface area contributed by atoms with Gasteiger partial charge >= 0.3 is 5.97 Å². The second-order valence-electron chi connectivity index (χ2n) is 6.99. The van der Waals surface area contributed by atoms with E-state index >= 15 is 0 Å². The van der Waals surface area contributed by atoms with E-state index in [-0.39, 0.29) is 21.7 Å². The molecule has 10 heteroatoms. The minimum atomic E-state index is -4.15. The summed E-state index contributed by atoms with van der Waals surface area (Å²) in [4.78, 5) is 23.7. The van der Waals surface area contributed by atoms with E-state index in [4.69, 9.17) is 0 Å².